The number of hydrogen-bond acceptors (Lipinski definition) is 2. The summed E-state index contributed by atoms with van der Waals surface area (Å²) >= 11 is 5.45. The maximum atomic E-state index is 11.1. The molecule has 0 heterocycles. The van der Waals surface area contributed by atoms with Crippen molar-refractivity contribution in [3.05, 3.63) is 0 Å². The molecule has 0 aromatic rings. The van der Waals surface area contributed by atoms with Gasteiger partial charge in [-0.05, 0) is 25.6 Å². The molecule has 72 valence electrons. The van der Waals surface area contributed by atoms with Gasteiger partial charge < -0.3 is 4.43 Å². The summed E-state index contributed by atoms with van der Waals surface area (Å²) in [6.45, 7) is 6.15. The maximum Gasteiger partial charge on any atom is 0.292 e. The Morgan fingerprint density at radius 1 is 1.50 bits per heavy atom. The smallest absolute Gasteiger partial charge is 0.292 e. The van der Waals surface area contributed by atoms with Crippen LogP contribution in [0.2, 0.25) is 19.1 Å². The topological polar surface area (TPSA) is 26.3 Å². The first-order chi connectivity index (χ1) is 5.52. The molecule has 0 rings (SSSR count). The van der Waals surface area contributed by atoms with E-state index < -0.39 is 8.32 Å². The van der Waals surface area contributed by atoms with Crippen molar-refractivity contribution in [3.63, 3.8) is 0 Å². The molecule has 0 aliphatic carbocycles. The molecule has 0 aliphatic rings. The molecule has 0 saturated heterocycles. The summed E-state index contributed by atoms with van der Waals surface area (Å²) in [5.41, 5.74) is 0. The van der Waals surface area contributed by atoms with E-state index in [2.05, 4.69) is 6.92 Å². The van der Waals surface area contributed by atoms with E-state index in [1.807, 2.05) is 13.1 Å². The van der Waals surface area contributed by atoms with E-state index in [9.17, 15) is 4.79 Å². The highest BCUT2D eigenvalue weighted by Crippen LogP contribution is 2.11. The van der Waals surface area contributed by atoms with Crippen molar-refractivity contribution in [2.75, 3.05) is 5.88 Å². The van der Waals surface area contributed by atoms with Crippen molar-refractivity contribution in [2.45, 2.75) is 38.9 Å². The summed E-state index contributed by atoms with van der Waals surface area (Å²) in [4.78, 5) is 11.1. The van der Waals surface area contributed by atoms with Gasteiger partial charge in [0.2, 0.25) is 8.32 Å². The Labute approximate surface area is 80.4 Å². The Morgan fingerprint density at radius 3 is 2.50 bits per heavy atom. The molecule has 0 fully saturated rings. The van der Waals surface area contributed by atoms with E-state index in [1.54, 1.807) is 0 Å². The summed E-state index contributed by atoms with van der Waals surface area (Å²) in [5.74, 6) is 0.442. The predicted octanol–water partition coefficient (Wildman–Crippen LogP) is 2.77. The summed E-state index contributed by atoms with van der Waals surface area (Å²) in [7, 11) is -1.68. The van der Waals surface area contributed by atoms with Crippen LogP contribution in [-0.2, 0) is 9.22 Å². The lowest BCUT2D eigenvalue weighted by atomic mass is 10.3. The molecule has 0 aromatic carbocycles. The fourth-order valence-electron chi connectivity index (χ4n) is 0.643. The van der Waals surface area contributed by atoms with Gasteiger partial charge in [-0.15, -0.1) is 11.6 Å². The van der Waals surface area contributed by atoms with Crippen LogP contribution in [0.5, 0.6) is 0 Å². The molecule has 0 N–H and O–H groups in total. The minimum absolute atomic E-state index is 0.0887. The molecule has 0 unspecified atom stereocenters. The lowest BCUT2D eigenvalue weighted by Crippen LogP contribution is -2.32. The van der Waals surface area contributed by atoms with Crippen molar-refractivity contribution < 1.29 is 9.22 Å². The van der Waals surface area contributed by atoms with Crippen LogP contribution in [-0.4, -0.2) is 20.2 Å². The summed E-state index contributed by atoms with van der Waals surface area (Å²) in [5, 5.41) is 0. The molecule has 0 bridgehead atoms. The van der Waals surface area contributed by atoms with E-state index in [0.29, 0.717) is 18.7 Å². The standard InChI is InChI=1S/C8H17ClO2Si/c1-4-12(2,3)11-8(10)6-5-7-9/h4-7H2,1-3H3. The van der Waals surface area contributed by atoms with Gasteiger partial charge in [-0.1, -0.05) is 6.92 Å². The van der Waals surface area contributed by atoms with Gasteiger partial charge in [0.1, 0.15) is 0 Å². The Bertz CT molecular complexity index is 148. The van der Waals surface area contributed by atoms with E-state index in [1.165, 1.54) is 0 Å². The molecule has 2 nitrogen and oxygen atoms in total. The molecule has 0 amide bonds. The lowest BCUT2D eigenvalue weighted by Gasteiger charge is -2.20. The molecule has 0 aliphatic heterocycles. The van der Waals surface area contributed by atoms with Gasteiger partial charge >= 0.3 is 0 Å². The number of hydrogen-bond donors (Lipinski definition) is 0. The van der Waals surface area contributed by atoms with E-state index in [-0.39, 0.29) is 5.97 Å². The fraction of sp³-hybridized carbons (Fsp3) is 0.875. The van der Waals surface area contributed by atoms with E-state index >= 15 is 0 Å². The highest BCUT2D eigenvalue weighted by molar-refractivity contribution is 6.72. The third-order valence-corrected chi connectivity index (χ3v) is 4.51. The molecule has 0 atom stereocenters. The summed E-state index contributed by atoms with van der Waals surface area (Å²) < 4.78 is 5.33. The van der Waals surface area contributed by atoms with Gasteiger partial charge in [0.25, 0.3) is 5.97 Å². The van der Waals surface area contributed by atoms with Gasteiger partial charge in [0.15, 0.2) is 0 Å². The van der Waals surface area contributed by atoms with Crippen molar-refractivity contribution in [1.82, 2.24) is 0 Å². The zero-order valence-corrected chi connectivity index (χ0v) is 9.78. The molecule has 12 heavy (non-hydrogen) atoms. The quantitative estimate of drug-likeness (QED) is 0.513. The molecule has 0 aromatic heterocycles. The van der Waals surface area contributed by atoms with Gasteiger partial charge in [0.05, 0.1) is 0 Å². The minimum Gasteiger partial charge on any atom is -0.520 e. The number of halogens is 1. The second-order valence-corrected chi connectivity index (χ2v) is 8.19. The van der Waals surface area contributed by atoms with Crippen LogP contribution >= 0.6 is 11.6 Å². The SMILES string of the molecule is CC[Si](C)(C)OC(=O)CCCCl. The zero-order chi connectivity index (χ0) is 9.61. The molecular weight excluding hydrogens is 192 g/mol. The van der Waals surface area contributed by atoms with Crippen LogP contribution in [0.3, 0.4) is 0 Å². The van der Waals surface area contributed by atoms with Crippen LogP contribution in [0.4, 0.5) is 0 Å². The van der Waals surface area contributed by atoms with Gasteiger partial charge in [-0.25, -0.2) is 0 Å². The summed E-state index contributed by atoms with van der Waals surface area (Å²) in [6.07, 6.45) is 1.18. The Morgan fingerprint density at radius 2 is 2.08 bits per heavy atom. The second kappa shape index (κ2) is 5.59. The molecule has 0 spiro atoms. The van der Waals surface area contributed by atoms with Crippen molar-refractivity contribution in [3.8, 4) is 0 Å². The zero-order valence-electron chi connectivity index (χ0n) is 8.02. The Balaban J connectivity index is 3.68. The third kappa shape index (κ3) is 5.60. The average molecular weight is 209 g/mol. The minimum atomic E-state index is -1.68. The number of alkyl halides is 1. The highest BCUT2D eigenvalue weighted by atomic mass is 35.5. The Hall–Kier alpha value is -0.0231. The van der Waals surface area contributed by atoms with Crippen LogP contribution in [0.25, 0.3) is 0 Å². The monoisotopic (exact) mass is 208 g/mol. The summed E-state index contributed by atoms with van der Waals surface area (Å²) in [6, 6.07) is 0.972. The largest absolute Gasteiger partial charge is 0.520 e. The van der Waals surface area contributed by atoms with Crippen LogP contribution in [0, 0.1) is 0 Å². The van der Waals surface area contributed by atoms with Crippen molar-refractivity contribution >= 4 is 25.9 Å². The van der Waals surface area contributed by atoms with Gasteiger partial charge in [0, 0.05) is 12.3 Å². The first kappa shape index (κ1) is 12.0. The van der Waals surface area contributed by atoms with Crippen molar-refractivity contribution in [1.29, 1.82) is 0 Å². The van der Waals surface area contributed by atoms with E-state index in [4.69, 9.17) is 16.0 Å². The third-order valence-electron chi connectivity index (χ3n) is 1.76. The fourth-order valence-corrected chi connectivity index (χ4v) is 1.64. The highest BCUT2D eigenvalue weighted by Gasteiger charge is 2.23. The second-order valence-electron chi connectivity index (χ2n) is 3.38. The van der Waals surface area contributed by atoms with Crippen LogP contribution in [0.1, 0.15) is 19.8 Å². The predicted molar refractivity (Wildman–Crippen MR) is 54.0 cm³/mol. The molecule has 0 radical (unpaired) electrons. The van der Waals surface area contributed by atoms with Gasteiger partial charge in [-0.2, -0.15) is 0 Å². The average Bonchev–Trinajstić information content (AvgIpc) is 2.00. The van der Waals surface area contributed by atoms with Crippen LogP contribution < -0.4 is 0 Å². The van der Waals surface area contributed by atoms with E-state index in [0.717, 1.165) is 6.04 Å². The first-order valence-corrected chi connectivity index (χ1v) is 7.94. The normalized spacial score (nSPS) is 11.3. The number of rotatable bonds is 5. The van der Waals surface area contributed by atoms with Crippen molar-refractivity contribution in [2.24, 2.45) is 0 Å². The Kier molecular flexibility index (Phi) is 5.58. The van der Waals surface area contributed by atoms with Gasteiger partial charge in [-0.3, -0.25) is 4.79 Å². The molecular formula is C8H17ClO2Si. The first-order valence-electron chi connectivity index (χ1n) is 4.29. The van der Waals surface area contributed by atoms with Crippen LogP contribution in [0.15, 0.2) is 0 Å². The number of carbonyl (C=O) groups is 1. The number of carbonyl (C=O) groups excluding carboxylic acids is 1. The molecule has 0 saturated carbocycles. The maximum absolute atomic E-state index is 11.1. The molecule has 4 heteroatoms. The lowest BCUT2D eigenvalue weighted by molar-refractivity contribution is -0.135.